The Balaban J connectivity index is 1.67. The predicted octanol–water partition coefficient (Wildman–Crippen LogP) is 2.52. The van der Waals surface area contributed by atoms with Crippen LogP contribution in [0.1, 0.15) is 12.0 Å². The molecule has 1 aliphatic rings. The van der Waals surface area contributed by atoms with Gasteiger partial charge in [-0.1, -0.05) is 18.2 Å². The molecule has 0 unspecified atom stereocenters. The number of nitrogens with zero attached hydrogens (tertiary/aromatic N) is 1. The van der Waals surface area contributed by atoms with Gasteiger partial charge in [-0.3, -0.25) is 4.79 Å². The third-order valence-corrected chi connectivity index (χ3v) is 6.62. The maximum Gasteiger partial charge on any atom is 0.331 e. The summed E-state index contributed by atoms with van der Waals surface area (Å²) in [5, 5.41) is 3.77. The molecule has 0 aliphatic carbocycles. The SMILES string of the molecule is O=C(/C=C/c1ccsc1)OCC(=O)N(c1ccccc1)[C@H]1CCS(=O)(=O)C1. The molecule has 1 fully saturated rings. The first-order chi connectivity index (χ1) is 12.9. The number of sulfone groups is 1. The molecule has 0 saturated carbocycles. The van der Waals surface area contributed by atoms with Crippen molar-refractivity contribution in [1.82, 2.24) is 0 Å². The number of carbonyl (C=O) groups excluding carboxylic acids is 2. The number of hydrogen-bond donors (Lipinski definition) is 0. The minimum atomic E-state index is -3.16. The molecule has 2 aromatic rings. The monoisotopic (exact) mass is 405 g/mol. The van der Waals surface area contributed by atoms with Gasteiger partial charge >= 0.3 is 5.97 Å². The molecule has 8 heteroatoms. The molecule has 1 aliphatic heterocycles. The van der Waals surface area contributed by atoms with Gasteiger partial charge in [0.25, 0.3) is 5.91 Å². The van der Waals surface area contributed by atoms with Crippen molar-refractivity contribution in [3.63, 3.8) is 0 Å². The van der Waals surface area contributed by atoms with E-state index in [1.54, 1.807) is 30.3 Å². The Kier molecular flexibility index (Phi) is 6.08. The van der Waals surface area contributed by atoms with Gasteiger partial charge in [0, 0.05) is 11.8 Å². The minimum absolute atomic E-state index is 0.0530. The standard InChI is InChI=1S/C19H19NO5S2/c21-18(12-25-19(22)7-6-15-8-10-26-13-15)20(16-4-2-1-3-5-16)17-9-11-27(23,24)14-17/h1-8,10,13,17H,9,11-12,14H2/b7-6+/t17-/m0/s1. The van der Waals surface area contributed by atoms with Crippen molar-refractivity contribution in [2.75, 3.05) is 23.0 Å². The van der Waals surface area contributed by atoms with Crippen LogP contribution in [-0.4, -0.2) is 44.4 Å². The van der Waals surface area contributed by atoms with Gasteiger partial charge in [-0.2, -0.15) is 11.3 Å². The molecule has 2 heterocycles. The molecule has 142 valence electrons. The first kappa shape index (κ1) is 19.3. The zero-order chi connectivity index (χ0) is 19.3. The van der Waals surface area contributed by atoms with Crippen LogP contribution in [0.3, 0.4) is 0 Å². The highest BCUT2D eigenvalue weighted by Crippen LogP contribution is 2.24. The Bertz CT molecular complexity index is 920. The molecule has 1 atom stereocenters. The lowest BCUT2D eigenvalue weighted by molar-refractivity contribution is -0.143. The molecule has 27 heavy (non-hydrogen) atoms. The Morgan fingerprint density at radius 1 is 1.22 bits per heavy atom. The van der Waals surface area contributed by atoms with Crippen LogP contribution >= 0.6 is 11.3 Å². The molecular formula is C19H19NO5S2. The van der Waals surface area contributed by atoms with E-state index in [4.69, 9.17) is 4.74 Å². The van der Waals surface area contributed by atoms with E-state index < -0.39 is 34.4 Å². The van der Waals surface area contributed by atoms with E-state index in [0.717, 1.165) is 5.56 Å². The molecule has 0 spiro atoms. The first-order valence-corrected chi connectivity index (χ1v) is 11.2. The molecule has 0 radical (unpaired) electrons. The van der Waals surface area contributed by atoms with Crippen molar-refractivity contribution in [1.29, 1.82) is 0 Å². The molecule has 6 nitrogen and oxygen atoms in total. The first-order valence-electron chi connectivity index (χ1n) is 8.39. The second kappa shape index (κ2) is 8.49. The third kappa shape index (κ3) is 5.27. The van der Waals surface area contributed by atoms with E-state index in [2.05, 4.69) is 0 Å². The number of hydrogen-bond acceptors (Lipinski definition) is 6. The number of para-hydroxylation sites is 1. The van der Waals surface area contributed by atoms with E-state index in [9.17, 15) is 18.0 Å². The van der Waals surface area contributed by atoms with Crippen LogP contribution in [0.2, 0.25) is 0 Å². The highest BCUT2D eigenvalue weighted by atomic mass is 32.2. The average molecular weight is 405 g/mol. The zero-order valence-electron chi connectivity index (χ0n) is 14.5. The highest BCUT2D eigenvalue weighted by Gasteiger charge is 2.35. The maximum atomic E-state index is 12.7. The summed E-state index contributed by atoms with van der Waals surface area (Å²) in [7, 11) is -3.16. The van der Waals surface area contributed by atoms with Gasteiger partial charge in [0.15, 0.2) is 16.4 Å². The molecule has 3 rings (SSSR count). The second-order valence-corrected chi connectivity index (χ2v) is 9.16. The average Bonchev–Trinajstić information content (AvgIpc) is 3.29. The summed E-state index contributed by atoms with van der Waals surface area (Å²) in [6, 6.07) is 10.2. The van der Waals surface area contributed by atoms with Crippen LogP contribution in [0.5, 0.6) is 0 Å². The molecule has 1 saturated heterocycles. The highest BCUT2D eigenvalue weighted by molar-refractivity contribution is 7.91. The van der Waals surface area contributed by atoms with Gasteiger partial charge < -0.3 is 9.64 Å². The van der Waals surface area contributed by atoms with Gasteiger partial charge in [-0.25, -0.2) is 13.2 Å². The summed E-state index contributed by atoms with van der Waals surface area (Å²) in [5.74, 6) is -1.10. The number of esters is 1. The molecule has 1 aromatic heterocycles. The van der Waals surface area contributed by atoms with Crippen LogP contribution in [0.15, 0.2) is 53.2 Å². The van der Waals surface area contributed by atoms with E-state index in [-0.39, 0.29) is 11.5 Å². The van der Waals surface area contributed by atoms with Gasteiger partial charge in [-0.15, -0.1) is 0 Å². The number of thiophene rings is 1. The number of rotatable bonds is 6. The minimum Gasteiger partial charge on any atom is -0.452 e. The lowest BCUT2D eigenvalue weighted by Crippen LogP contribution is -2.43. The Labute approximate surface area is 162 Å². The summed E-state index contributed by atoms with van der Waals surface area (Å²) >= 11 is 1.51. The van der Waals surface area contributed by atoms with E-state index in [0.29, 0.717) is 12.1 Å². The van der Waals surface area contributed by atoms with Crippen molar-refractivity contribution in [3.8, 4) is 0 Å². The van der Waals surface area contributed by atoms with Crippen molar-refractivity contribution in [2.45, 2.75) is 12.5 Å². The number of benzene rings is 1. The Morgan fingerprint density at radius 2 is 2.00 bits per heavy atom. The smallest absolute Gasteiger partial charge is 0.331 e. The molecule has 1 amide bonds. The lowest BCUT2D eigenvalue weighted by atomic mass is 10.2. The van der Waals surface area contributed by atoms with Crippen LogP contribution in [0.25, 0.3) is 6.08 Å². The number of ether oxygens (including phenoxy) is 1. The Morgan fingerprint density at radius 3 is 2.63 bits per heavy atom. The van der Waals surface area contributed by atoms with Crippen LogP contribution in [-0.2, 0) is 24.2 Å². The summed E-state index contributed by atoms with van der Waals surface area (Å²) < 4.78 is 28.7. The fourth-order valence-electron chi connectivity index (χ4n) is 2.91. The van der Waals surface area contributed by atoms with Gasteiger partial charge in [0.2, 0.25) is 0 Å². The molecule has 0 bridgehead atoms. The number of amides is 1. The van der Waals surface area contributed by atoms with Crippen molar-refractivity contribution in [2.24, 2.45) is 0 Å². The number of anilines is 1. The van der Waals surface area contributed by atoms with Gasteiger partial charge in [0.05, 0.1) is 17.5 Å². The van der Waals surface area contributed by atoms with Crippen molar-refractivity contribution < 1.29 is 22.7 Å². The summed E-state index contributed by atoms with van der Waals surface area (Å²) in [4.78, 5) is 26.0. The molecule has 0 N–H and O–H groups in total. The normalized spacial score (nSPS) is 18.4. The van der Waals surface area contributed by atoms with Gasteiger partial charge in [-0.05, 0) is 47.0 Å². The zero-order valence-corrected chi connectivity index (χ0v) is 16.1. The van der Waals surface area contributed by atoms with Crippen LogP contribution in [0.4, 0.5) is 5.69 Å². The Hall–Kier alpha value is -2.45. The predicted molar refractivity (Wildman–Crippen MR) is 105 cm³/mol. The topological polar surface area (TPSA) is 80.8 Å². The van der Waals surface area contributed by atoms with Crippen molar-refractivity contribution in [3.05, 3.63) is 58.8 Å². The summed E-state index contributed by atoms with van der Waals surface area (Å²) in [6.07, 6.45) is 3.25. The van der Waals surface area contributed by atoms with Crippen LogP contribution < -0.4 is 4.90 Å². The number of carbonyl (C=O) groups is 2. The van der Waals surface area contributed by atoms with Crippen LogP contribution in [0, 0.1) is 0 Å². The maximum absolute atomic E-state index is 12.7. The van der Waals surface area contributed by atoms with E-state index in [1.807, 2.05) is 22.9 Å². The quantitative estimate of drug-likeness (QED) is 0.545. The van der Waals surface area contributed by atoms with Crippen molar-refractivity contribution >= 4 is 44.8 Å². The molecular weight excluding hydrogens is 386 g/mol. The second-order valence-electron chi connectivity index (χ2n) is 6.15. The molecule has 1 aromatic carbocycles. The fraction of sp³-hybridized carbons (Fsp3) is 0.263. The third-order valence-electron chi connectivity index (χ3n) is 4.17. The van der Waals surface area contributed by atoms with Gasteiger partial charge in [0.1, 0.15) is 0 Å². The van der Waals surface area contributed by atoms with E-state index >= 15 is 0 Å². The summed E-state index contributed by atoms with van der Waals surface area (Å²) in [6.45, 7) is -0.446. The van der Waals surface area contributed by atoms with E-state index in [1.165, 1.54) is 22.3 Å². The lowest BCUT2D eigenvalue weighted by Gasteiger charge is -2.28. The largest absolute Gasteiger partial charge is 0.452 e. The fourth-order valence-corrected chi connectivity index (χ4v) is 5.24. The summed E-state index contributed by atoms with van der Waals surface area (Å²) in [5.41, 5.74) is 1.47.